The molecular weight excluding hydrogens is 332 g/mol. The van der Waals surface area contributed by atoms with Crippen LogP contribution in [0.3, 0.4) is 0 Å². The zero-order valence-electron chi connectivity index (χ0n) is 10.5. The van der Waals surface area contributed by atoms with Gasteiger partial charge in [-0.05, 0) is 30.5 Å². The third-order valence-electron chi connectivity index (χ3n) is 3.46. The van der Waals surface area contributed by atoms with Crippen molar-refractivity contribution in [2.75, 3.05) is 19.8 Å². The fourth-order valence-electron chi connectivity index (χ4n) is 2.44. The molecule has 2 heterocycles. The second-order valence-corrected chi connectivity index (χ2v) is 6.15. The topological polar surface area (TPSA) is 27.7 Å². The van der Waals surface area contributed by atoms with Crippen LogP contribution in [0.1, 0.15) is 30.2 Å². The smallest absolute Gasteiger partial charge is 0.162 e. The summed E-state index contributed by atoms with van der Waals surface area (Å²) in [6, 6.07) is 3.92. The van der Waals surface area contributed by atoms with Gasteiger partial charge in [0.05, 0.1) is 24.7 Å². The Balaban J connectivity index is 1.90. The molecular formula is C14H16BrClO3. The van der Waals surface area contributed by atoms with Crippen molar-refractivity contribution in [3.8, 4) is 11.5 Å². The van der Waals surface area contributed by atoms with Gasteiger partial charge in [-0.3, -0.25) is 0 Å². The molecule has 0 N–H and O–H groups in total. The lowest BCUT2D eigenvalue weighted by Crippen LogP contribution is -2.13. The van der Waals surface area contributed by atoms with Gasteiger partial charge in [-0.15, -0.1) is 11.6 Å². The van der Waals surface area contributed by atoms with Crippen LogP contribution in [0.2, 0.25) is 0 Å². The van der Waals surface area contributed by atoms with Crippen LogP contribution in [-0.2, 0) is 4.74 Å². The molecule has 1 fully saturated rings. The molecule has 3 nitrogen and oxygen atoms in total. The van der Waals surface area contributed by atoms with E-state index in [1.165, 1.54) is 0 Å². The van der Waals surface area contributed by atoms with Crippen molar-refractivity contribution in [3.05, 3.63) is 22.2 Å². The minimum Gasteiger partial charge on any atom is -0.490 e. The molecule has 5 heteroatoms. The quantitative estimate of drug-likeness (QED) is 0.755. The van der Waals surface area contributed by atoms with E-state index >= 15 is 0 Å². The van der Waals surface area contributed by atoms with E-state index in [0.717, 1.165) is 47.4 Å². The zero-order chi connectivity index (χ0) is 13.2. The van der Waals surface area contributed by atoms with E-state index in [1.54, 1.807) is 0 Å². The second kappa shape index (κ2) is 5.90. The van der Waals surface area contributed by atoms with Crippen LogP contribution < -0.4 is 9.47 Å². The summed E-state index contributed by atoms with van der Waals surface area (Å²) in [5, 5.41) is -0.158. The average Bonchev–Trinajstić information content (AvgIpc) is 2.84. The molecule has 2 unspecified atom stereocenters. The molecule has 104 valence electrons. The van der Waals surface area contributed by atoms with E-state index in [1.807, 2.05) is 12.1 Å². The summed E-state index contributed by atoms with van der Waals surface area (Å²) in [5.74, 6) is 1.56. The zero-order valence-corrected chi connectivity index (χ0v) is 12.9. The van der Waals surface area contributed by atoms with Crippen molar-refractivity contribution >= 4 is 27.5 Å². The number of ether oxygens (including phenoxy) is 3. The Bertz CT molecular complexity index is 460. The maximum absolute atomic E-state index is 6.55. The predicted octanol–water partition coefficient (Wildman–Crippen LogP) is 4.07. The van der Waals surface area contributed by atoms with Crippen molar-refractivity contribution in [1.29, 1.82) is 0 Å². The van der Waals surface area contributed by atoms with Crippen molar-refractivity contribution in [3.63, 3.8) is 0 Å². The standard InChI is InChI=1S/C14H16BrClO3/c15-10-8-13-12(18-5-2-6-19-13)7-9(10)14(16)11-3-1-4-17-11/h7-8,11,14H,1-6H2. The van der Waals surface area contributed by atoms with Crippen molar-refractivity contribution in [2.24, 2.45) is 0 Å². The van der Waals surface area contributed by atoms with Crippen LogP contribution in [0.5, 0.6) is 11.5 Å². The first-order chi connectivity index (χ1) is 9.25. The number of fused-ring (bicyclic) bond motifs is 1. The molecule has 1 aromatic carbocycles. The molecule has 19 heavy (non-hydrogen) atoms. The molecule has 3 rings (SSSR count). The number of alkyl halides is 1. The van der Waals surface area contributed by atoms with Crippen molar-refractivity contribution < 1.29 is 14.2 Å². The van der Waals surface area contributed by atoms with Gasteiger partial charge >= 0.3 is 0 Å². The highest BCUT2D eigenvalue weighted by Crippen LogP contribution is 2.42. The molecule has 2 aliphatic heterocycles. The van der Waals surface area contributed by atoms with Crippen LogP contribution >= 0.6 is 27.5 Å². The number of halogens is 2. The first-order valence-corrected chi connectivity index (χ1v) is 7.83. The van der Waals surface area contributed by atoms with Gasteiger partial charge in [0.25, 0.3) is 0 Å². The Labute approximate surface area is 126 Å². The van der Waals surface area contributed by atoms with E-state index in [4.69, 9.17) is 25.8 Å². The summed E-state index contributed by atoms with van der Waals surface area (Å²) < 4.78 is 18.0. The van der Waals surface area contributed by atoms with Crippen LogP contribution in [0.4, 0.5) is 0 Å². The maximum Gasteiger partial charge on any atom is 0.162 e. The highest BCUT2D eigenvalue weighted by molar-refractivity contribution is 9.10. The fourth-order valence-corrected chi connectivity index (χ4v) is 3.52. The Kier molecular flexibility index (Phi) is 4.20. The molecule has 2 aliphatic rings. The largest absolute Gasteiger partial charge is 0.490 e. The van der Waals surface area contributed by atoms with Gasteiger partial charge in [0.2, 0.25) is 0 Å². The van der Waals surface area contributed by atoms with Crippen molar-refractivity contribution in [1.82, 2.24) is 0 Å². The maximum atomic E-state index is 6.55. The summed E-state index contributed by atoms with van der Waals surface area (Å²) >= 11 is 10.1. The lowest BCUT2D eigenvalue weighted by molar-refractivity contribution is 0.107. The summed E-state index contributed by atoms with van der Waals surface area (Å²) in [5.41, 5.74) is 1.01. The number of hydrogen-bond acceptors (Lipinski definition) is 3. The Morgan fingerprint density at radius 2 is 1.84 bits per heavy atom. The average molecular weight is 348 g/mol. The molecule has 0 spiro atoms. The van der Waals surface area contributed by atoms with Gasteiger partial charge in [0, 0.05) is 17.5 Å². The molecule has 0 radical (unpaired) electrons. The van der Waals surface area contributed by atoms with Gasteiger partial charge < -0.3 is 14.2 Å². The molecule has 1 aromatic rings. The summed E-state index contributed by atoms with van der Waals surface area (Å²) in [7, 11) is 0. The Morgan fingerprint density at radius 1 is 1.11 bits per heavy atom. The van der Waals surface area contributed by atoms with E-state index in [9.17, 15) is 0 Å². The summed E-state index contributed by atoms with van der Waals surface area (Å²) in [6.07, 6.45) is 3.07. The second-order valence-electron chi connectivity index (χ2n) is 4.82. The van der Waals surface area contributed by atoms with E-state index in [2.05, 4.69) is 15.9 Å². The predicted molar refractivity (Wildman–Crippen MR) is 77.3 cm³/mol. The third kappa shape index (κ3) is 2.86. The molecule has 2 atom stereocenters. The minimum absolute atomic E-state index is 0.0858. The summed E-state index contributed by atoms with van der Waals surface area (Å²) in [6.45, 7) is 2.17. The first kappa shape index (κ1) is 13.5. The highest BCUT2D eigenvalue weighted by atomic mass is 79.9. The third-order valence-corrected chi connectivity index (χ3v) is 4.66. The summed E-state index contributed by atoms with van der Waals surface area (Å²) in [4.78, 5) is 0. The van der Waals surface area contributed by atoms with E-state index in [-0.39, 0.29) is 11.5 Å². The van der Waals surface area contributed by atoms with E-state index < -0.39 is 0 Å². The lowest BCUT2D eigenvalue weighted by atomic mass is 10.0. The van der Waals surface area contributed by atoms with Crippen molar-refractivity contribution in [2.45, 2.75) is 30.7 Å². The molecule has 0 bridgehead atoms. The monoisotopic (exact) mass is 346 g/mol. The van der Waals surface area contributed by atoms with Gasteiger partial charge in [-0.1, -0.05) is 15.9 Å². The Hall–Kier alpha value is -0.450. The molecule has 0 amide bonds. The van der Waals surface area contributed by atoms with Gasteiger partial charge in [-0.2, -0.15) is 0 Å². The van der Waals surface area contributed by atoms with Gasteiger partial charge in [0.15, 0.2) is 11.5 Å². The molecule has 0 aromatic heterocycles. The number of hydrogen-bond donors (Lipinski definition) is 0. The molecule has 1 saturated heterocycles. The van der Waals surface area contributed by atoms with Crippen LogP contribution in [0, 0.1) is 0 Å². The molecule has 0 saturated carbocycles. The van der Waals surface area contributed by atoms with Gasteiger partial charge in [0.1, 0.15) is 0 Å². The lowest BCUT2D eigenvalue weighted by Gasteiger charge is -2.20. The normalized spacial score (nSPS) is 24.0. The fraction of sp³-hybridized carbons (Fsp3) is 0.571. The van der Waals surface area contributed by atoms with Crippen LogP contribution in [0.15, 0.2) is 16.6 Å². The minimum atomic E-state index is -0.158. The Morgan fingerprint density at radius 3 is 2.53 bits per heavy atom. The SMILES string of the molecule is ClC(c1cc2c(cc1Br)OCCCO2)C1CCCO1. The van der Waals surface area contributed by atoms with Crippen LogP contribution in [-0.4, -0.2) is 25.9 Å². The highest BCUT2D eigenvalue weighted by Gasteiger charge is 2.28. The van der Waals surface area contributed by atoms with E-state index in [0.29, 0.717) is 13.2 Å². The molecule has 0 aliphatic carbocycles. The van der Waals surface area contributed by atoms with Gasteiger partial charge in [-0.25, -0.2) is 0 Å². The number of rotatable bonds is 2. The first-order valence-electron chi connectivity index (χ1n) is 6.60. The van der Waals surface area contributed by atoms with Crippen LogP contribution in [0.25, 0.3) is 0 Å². The number of benzene rings is 1.